The zero-order valence-electron chi connectivity index (χ0n) is 28.6. The molecule has 0 unspecified atom stereocenters. The smallest absolute Gasteiger partial charge is 0.241 e. The van der Waals surface area contributed by atoms with Crippen LogP contribution in [-0.4, -0.2) is 8.42 Å². The van der Waals surface area contributed by atoms with Crippen molar-refractivity contribution in [2.24, 2.45) is 5.73 Å². The molecule has 0 aliphatic carbocycles. The van der Waals surface area contributed by atoms with Crippen LogP contribution in [0.5, 0.6) is 0 Å². The summed E-state index contributed by atoms with van der Waals surface area (Å²) < 4.78 is 31.2. The predicted molar refractivity (Wildman–Crippen MR) is 187 cm³/mol. The van der Waals surface area contributed by atoms with Gasteiger partial charge in [-0.05, 0) is 95.5 Å². The molecular weight excluding hydrogens is 662 g/mol. The molecular formula is C39H52N2O2RuS. The number of rotatable bonds is 9. The van der Waals surface area contributed by atoms with E-state index >= 15 is 0 Å². The van der Waals surface area contributed by atoms with Gasteiger partial charge in [-0.1, -0.05) is 126 Å². The van der Waals surface area contributed by atoms with Gasteiger partial charge in [0.25, 0.3) is 0 Å². The first-order valence-electron chi connectivity index (χ1n) is 15.7. The van der Waals surface area contributed by atoms with Crippen molar-refractivity contribution in [1.82, 2.24) is 4.72 Å². The molecule has 0 saturated heterocycles. The number of nitrogens with two attached hydrogens (primary N) is 1. The van der Waals surface area contributed by atoms with Crippen molar-refractivity contribution in [1.29, 1.82) is 0 Å². The van der Waals surface area contributed by atoms with Crippen molar-refractivity contribution in [2.75, 3.05) is 0 Å². The first-order chi connectivity index (χ1) is 20.6. The fourth-order valence-electron chi connectivity index (χ4n) is 5.41. The van der Waals surface area contributed by atoms with Crippen LogP contribution in [0.1, 0.15) is 121 Å². The molecule has 0 aliphatic heterocycles. The molecule has 4 aromatic rings. The molecule has 0 fully saturated rings. The van der Waals surface area contributed by atoms with Crippen LogP contribution in [0.2, 0.25) is 0 Å². The van der Waals surface area contributed by atoms with Gasteiger partial charge in [0, 0.05) is 19.5 Å². The zero-order chi connectivity index (χ0) is 32.8. The number of hydrogen-bond donors (Lipinski definition) is 2. The fourth-order valence-corrected chi connectivity index (χ4v) is 7.35. The van der Waals surface area contributed by atoms with E-state index in [1.807, 2.05) is 88.4 Å². The Labute approximate surface area is 286 Å². The molecule has 244 valence electrons. The Bertz CT molecular complexity index is 1550. The Morgan fingerprint density at radius 3 is 1.29 bits per heavy atom. The Balaban J connectivity index is 0.000000546. The Hall–Kier alpha value is -2.63. The third-order valence-electron chi connectivity index (χ3n) is 8.44. The minimum absolute atomic E-state index is 0. The normalized spacial score (nSPS) is 12.8. The summed E-state index contributed by atoms with van der Waals surface area (Å²) in [7, 11) is -3.88. The van der Waals surface area contributed by atoms with Gasteiger partial charge in [-0.2, -0.15) is 0 Å². The molecule has 6 heteroatoms. The van der Waals surface area contributed by atoms with Crippen LogP contribution in [0.25, 0.3) is 0 Å². The molecule has 2 atom stereocenters. The molecule has 0 aliphatic rings. The van der Waals surface area contributed by atoms with Gasteiger partial charge in [0.2, 0.25) is 10.0 Å². The van der Waals surface area contributed by atoms with Gasteiger partial charge in [0.15, 0.2) is 0 Å². The first-order valence-corrected chi connectivity index (χ1v) is 17.2. The van der Waals surface area contributed by atoms with Crippen molar-refractivity contribution in [3.8, 4) is 0 Å². The van der Waals surface area contributed by atoms with Gasteiger partial charge < -0.3 is 5.73 Å². The van der Waals surface area contributed by atoms with Gasteiger partial charge >= 0.3 is 0 Å². The van der Waals surface area contributed by atoms with Crippen LogP contribution in [0.4, 0.5) is 0 Å². The maximum absolute atomic E-state index is 14.1. The van der Waals surface area contributed by atoms with E-state index in [1.165, 1.54) is 22.3 Å². The van der Waals surface area contributed by atoms with Crippen LogP contribution < -0.4 is 10.5 Å². The summed E-state index contributed by atoms with van der Waals surface area (Å²) in [5.74, 6) is 0.421. The average Bonchev–Trinajstić information content (AvgIpc) is 2.99. The van der Waals surface area contributed by atoms with Gasteiger partial charge in [0.1, 0.15) is 0 Å². The summed E-state index contributed by atoms with van der Waals surface area (Å²) in [6.45, 7) is 21.1. The molecule has 4 nitrogen and oxygen atoms in total. The standard InChI is InChI=1S/C29H38N2O2S.C10H14.Ru/c1-19(2)24-17-25(20(3)4)29(26(18-24)21(5)6)34(32,33)31-28(23-15-11-8-12-16-23)27(30)22-13-9-7-10-14-22;1-7-5-9(3)10(4)6-8(7)2;/h7-21,27-28,31H,30H2,1-6H3;5-6H,1-4H3;/t27-,28-;;/m1../s1. The van der Waals surface area contributed by atoms with Gasteiger partial charge in [-0.25, -0.2) is 13.1 Å². The molecule has 0 heterocycles. The number of hydrogen-bond acceptors (Lipinski definition) is 3. The Morgan fingerprint density at radius 2 is 0.933 bits per heavy atom. The number of benzene rings is 4. The van der Waals surface area contributed by atoms with Gasteiger partial charge in [-0.3, -0.25) is 0 Å². The molecule has 3 N–H and O–H groups in total. The van der Waals surface area contributed by atoms with E-state index in [2.05, 4.69) is 70.5 Å². The molecule has 0 amide bonds. The minimum Gasteiger partial charge on any atom is -0.322 e. The van der Waals surface area contributed by atoms with E-state index in [1.54, 1.807) is 0 Å². The van der Waals surface area contributed by atoms with E-state index in [0.29, 0.717) is 10.8 Å². The molecule has 0 spiro atoms. The second-order valence-electron chi connectivity index (χ2n) is 13.0. The van der Waals surface area contributed by atoms with Crippen LogP contribution in [0.15, 0.2) is 89.8 Å². The van der Waals surface area contributed by atoms with Crippen LogP contribution in [0.3, 0.4) is 0 Å². The zero-order valence-corrected chi connectivity index (χ0v) is 31.2. The van der Waals surface area contributed by atoms with Crippen LogP contribution in [-0.2, 0) is 29.5 Å². The van der Waals surface area contributed by atoms with Gasteiger partial charge in [0.05, 0.1) is 17.0 Å². The number of nitrogens with one attached hydrogen (secondary N) is 1. The second-order valence-corrected chi connectivity index (χ2v) is 14.6. The summed E-state index contributed by atoms with van der Waals surface area (Å²) >= 11 is 0. The Kier molecular flexibility index (Phi) is 14.4. The van der Waals surface area contributed by atoms with Crippen molar-refractivity contribution >= 4 is 10.0 Å². The van der Waals surface area contributed by atoms with E-state index in [4.69, 9.17) is 5.73 Å². The quantitative estimate of drug-likeness (QED) is 0.170. The monoisotopic (exact) mass is 714 g/mol. The SMILES string of the molecule is CC(C)c1cc(C(C)C)c(S(=O)(=O)N[C@H](c2ccccc2)[C@H](N)c2ccccc2)c(C(C)C)c1.Cc1cc(C)c(C)cc1C.[Ru]. The summed E-state index contributed by atoms with van der Waals surface area (Å²) in [5, 5.41) is 0. The molecule has 45 heavy (non-hydrogen) atoms. The molecule has 4 aromatic carbocycles. The maximum Gasteiger partial charge on any atom is 0.241 e. The predicted octanol–water partition coefficient (Wildman–Crippen LogP) is 9.69. The molecule has 0 bridgehead atoms. The van der Waals surface area contributed by atoms with Gasteiger partial charge in [-0.15, -0.1) is 0 Å². The summed E-state index contributed by atoms with van der Waals surface area (Å²) in [6.07, 6.45) is 0. The fraction of sp³-hybridized carbons (Fsp3) is 0.385. The van der Waals surface area contributed by atoms with E-state index in [-0.39, 0.29) is 31.3 Å². The molecule has 4 rings (SSSR count). The largest absolute Gasteiger partial charge is 0.322 e. The van der Waals surface area contributed by atoms with E-state index < -0.39 is 22.1 Å². The van der Waals surface area contributed by atoms with Crippen molar-refractivity contribution in [3.05, 3.63) is 135 Å². The second kappa shape index (κ2) is 16.8. The van der Waals surface area contributed by atoms with Crippen molar-refractivity contribution in [3.63, 3.8) is 0 Å². The van der Waals surface area contributed by atoms with E-state index in [9.17, 15) is 8.42 Å². The summed E-state index contributed by atoms with van der Waals surface area (Å²) in [6, 6.07) is 26.7. The topological polar surface area (TPSA) is 72.2 Å². The Morgan fingerprint density at radius 1 is 0.556 bits per heavy atom. The van der Waals surface area contributed by atoms with Crippen molar-refractivity contribution < 1.29 is 27.9 Å². The van der Waals surface area contributed by atoms with Crippen LogP contribution >= 0.6 is 0 Å². The summed E-state index contributed by atoms with van der Waals surface area (Å²) in [4.78, 5) is 0.392. The molecule has 0 radical (unpaired) electrons. The first kappa shape index (κ1) is 38.6. The summed E-state index contributed by atoms with van der Waals surface area (Å²) in [5.41, 5.74) is 16.8. The van der Waals surface area contributed by atoms with E-state index in [0.717, 1.165) is 27.8 Å². The minimum atomic E-state index is -3.88. The molecule has 0 aromatic heterocycles. The van der Waals surface area contributed by atoms with Crippen molar-refractivity contribution in [2.45, 2.75) is 104 Å². The average molecular weight is 714 g/mol. The number of sulfonamides is 1. The maximum atomic E-state index is 14.1. The molecule has 0 saturated carbocycles. The third kappa shape index (κ3) is 9.93. The van der Waals surface area contributed by atoms with Crippen LogP contribution in [0, 0.1) is 27.7 Å². The number of aryl methyl sites for hydroxylation is 4. The third-order valence-corrected chi connectivity index (χ3v) is 10.0.